The van der Waals surface area contributed by atoms with Crippen LogP contribution in [0.3, 0.4) is 0 Å². The molecule has 0 aromatic heterocycles. The Bertz CT molecular complexity index is 592. The number of allylic oxidation sites excluding steroid dienone is 1. The highest BCUT2D eigenvalue weighted by atomic mass is 16.6. The van der Waals surface area contributed by atoms with Crippen molar-refractivity contribution in [2.75, 3.05) is 0 Å². The van der Waals surface area contributed by atoms with Crippen LogP contribution in [0.4, 0.5) is 0 Å². The van der Waals surface area contributed by atoms with Crippen LogP contribution in [0.2, 0.25) is 0 Å². The Balaban J connectivity index is 2.50. The summed E-state index contributed by atoms with van der Waals surface area (Å²) in [7, 11) is 0. The first-order chi connectivity index (χ1) is 10.3. The summed E-state index contributed by atoms with van der Waals surface area (Å²) in [5.41, 5.74) is -0.474. The molecule has 1 unspecified atom stereocenters. The van der Waals surface area contributed by atoms with Gasteiger partial charge in [-0.25, -0.2) is 9.59 Å². The number of nitrogens with one attached hydrogen (secondary N) is 1. The van der Waals surface area contributed by atoms with Crippen LogP contribution in [0.1, 0.15) is 33.3 Å². The molecular formula is C17H21NO4. The molecule has 0 radical (unpaired) electrons. The lowest BCUT2D eigenvalue weighted by molar-refractivity contribution is -0.190. The number of hydrogen-bond acceptors (Lipinski definition) is 5. The standard InChI is InChI=1S/C17H21NO4/c1-11(2)14-10-15(19)22-17(18-14,16(20)21-12(3)4)13-8-6-5-7-9-13/h5-12,18H,1-4H3. The monoisotopic (exact) mass is 303 g/mol. The van der Waals surface area contributed by atoms with Crippen molar-refractivity contribution < 1.29 is 19.1 Å². The largest absolute Gasteiger partial charge is 0.458 e. The minimum Gasteiger partial charge on any atom is -0.458 e. The Kier molecular flexibility index (Phi) is 4.54. The second kappa shape index (κ2) is 6.22. The first kappa shape index (κ1) is 16.1. The maximum absolute atomic E-state index is 12.7. The lowest BCUT2D eigenvalue weighted by Gasteiger charge is -2.37. The lowest BCUT2D eigenvalue weighted by atomic mass is 9.98. The first-order valence-corrected chi connectivity index (χ1v) is 7.34. The van der Waals surface area contributed by atoms with Gasteiger partial charge in [-0.15, -0.1) is 0 Å². The van der Waals surface area contributed by atoms with Gasteiger partial charge in [0, 0.05) is 17.3 Å². The van der Waals surface area contributed by atoms with E-state index in [1.54, 1.807) is 38.1 Å². The van der Waals surface area contributed by atoms with E-state index in [-0.39, 0.29) is 12.0 Å². The van der Waals surface area contributed by atoms with Gasteiger partial charge in [-0.1, -0.05) is 44.2 Å². The quantitative estimate of drug-likeness (QED) is 0.866. The van der Waals surface area contributed by atoms with Gasteiger partial charge in [0.15, 0.2) is 0 Å². The van der Waals surface area contributed by atoms with Crippen molar-refractivity contribution in [3.8, 4) is 0 Å². The number of esters is 2. The van der Waals surface area contributed by atoms with Crippen molar-refractivity contribution in [1.29, 1.82) is 0 Å². The van der Waals surface area contributed by atoms with Gasteiger partial charge in [0.25, 0.3) is 0 Å². The van der Waals surface area contributed by atoms with Crippen LogP contribution in [0, 0.1) is 5.92 Å². The third-order valence-corrected chi connectivity index (χ3v) is 3.28. The van der Waals surface area contributed by atoms with E-state index in [1.165, 1.54) is 6.08 Å². The average Bonchev–Trinajstić information content (AvgIpc) is 2.46. The predicted molar refractivity (Wildman–Crippen MR) is 81.5 cm³/mol. The van der Waals surface area contributed by atoms with Gasteiger partial charge in [-0.05, 0) is 19.8 Å². The van der Waals surface area contributed by atoms with E-state index in [9.17, 15) is 9.59 Å². The molecule has 0 saturated heterocycles. The summed E-state index contributed by atoms with van der Waals surface area (Å²) in [6.07, 6.45) is 1.05. The average molecular weight is 303 g/mol. The maximum Gasteiger partial charge on any atom is 0.377 e. The molecule has 1 aliphatic rings. The van der Waals surface area contributed by atoms with Crippen LogP contribution < -0.4 is 5.32 Å². The Morgan fingerprint density at radius 1 is 1.18 bits per heavy atom. The molecule has 5 heteroatoms. The third-order valence-electron chi connectivity index (χ3n) is 3.28. The van der Waals surface area contributed by atoms with Gasteiger partial charge in [-0.2, -0.15) is 0 Å². The molecule has 0 aliphatic carbocycles. The van der Waals surface area contributed by atoms with Gasteiger partial charge in [0.1, 0.15) is 0 Å². The van der Waals surface area contributed by atoms with E-state index >= 15 is 0 Å². The number of carbonyl (C=O) groups excluding carboxylic acids is 2. The third kappa shape index (κ3) is 3.13. The van der Waals surface area contributed by atoms with E-state index < -0.39 is 17.7 Å². The van der Waals surface area contributed by atoms with E-state index in [0.29, 0.717) is 11.3 Å². The fourth-order valence-electron chi connectivity index (χ4n) is 2.19. The number of ether oxygens (including phenoxy) is 2. The summed E-state index contributed by atoms with van der Waals surface area (Å²) in [5, 5.41) is 3.06. The van der Waals surface area contributed by atoms with Gasteiger partial charge in [0.05, 0.1) is 6.10 Å². The zero-order chi connectivity index (χ0) is 16.3. The van der Waals surface area contributed by atoms with Crippen molar-refractivity contribution in [3.05, 3.63) is 47.7 Å². The van der Waals surface area contributed by atoms with Gasteiger partial charge >= 0.3 is 17.7 Å². The second-order valence-corrected chi connectivity index (χ2v) is 5.80. The number of rotatable bonds is 4. The van der Waals surface area contributed by atoms with E-state index in [1.807, 2.05) is 19.9 Å². The number of cyclic esters (lactones) is 1. The summed E-state index contributed by atoms with van der Waals surface area (Å²) < 4.78 is 10.7. The first-order valence-electron chi connectivity index (χ1n) is 7.34. The highest BCUT2D eigenvalue weighted by Crippen LogP contribution is 2.31. The fourth-order valence-corrected chi connectivity index (χ4v) is 2.19. The Morgan fingerprint density at radius 2 is 1.82 bits per heavy atom. The molecule has 1 heterocycles. The SMILES string of the molecule is CC(C)OC(=O)C1(c2ccccc2)NC(C(C)C)=CC(=O)O1. The van der Waals surface area contributed by atoms with Crippen molar-refractivity contribution in [3.63, 3.8) is 0 Å². The summed E-state index contributed by atoms with van der Waals surface area (Å²) in [4.78, 5) is 24.7. The maximum atomic E-state index is 12.7. The van der Waals surface area contributed by atoms with Crippen LogP contribution in [-0.2, 0) is 24.8 Å². The van der Waals surface area contributed by atoms with Crippen LogP contribution in [0.15, 0.2) is 42.1 Å². The molecule has 22 heavy (non-hydrogen) atoms. The van der Waals surface area contributed by atoms with E-state index in [0.717, 1.165) is 0 Å². The molecule has 1 aliphatic heterocycles. The molecule has 1 N–H and O–H groups in total. The highest BCUT2D eigenvalue weighted by molar-refractivity contribution is 5.91. The minimum atomic E-state index is -1.64. The van der Waals surface area contributed by atoms with Gasteiger partial charge in [0.2, 0.25) is 0 Å². The Hall–Kier alpha value is -2.30. The van der Waals surface area contributed by atoms with Crippen molar-refractivity contribution >= 4 is 11.9 Å². The molecular weight excluding hydrogens is 282 g/mol. The summed E-state index contributed by atoms with van der Waals surface area (Å²) in [5.74, 6) is -1.15. The highest BCUT2D eigenvalue weighted by Gasteiger charge is 2.49. The molecule has 5 nitrogen and oxygen atoms in total. The Morgan fingerprint density at radius 3 is 2.36 bits per heavy atom. The summed E-state index contributed by atoms with van der Waals surface area (Å²) >= 11 is 0. The predicted octanol–water partition coefficient (Wildman–Crippen LogP) is 2.48. The smallest absolute Gasteiger partial charge is 0.377 e. The van der Waals surface area contributed by atoms with Crippen molar-refractivity contribution in [2.45, 2.75) is 39.5 Å². The van der Waals surface area contributed by atoms with Crippen LogP contribution >= 0.6 is 0 Å². The zero-order valence-corrected chi connectivity index (χ0v) is 13.3. The summed E-state index contributed by atoms with van der Waals surface area (Å²) in [6, 6.07) is 8.84. The molecule has 2 rings (SSSR count). The minimum absolute atomic E-state index is 0.0442. The van der Waals surface area contributed by atoms with Crippen LogP contribution in [-0.4, -0.2) is 18.0 Å². The molecule has 0 amide bonds. The molecule has 0 fully saturated rings. The van der Waals surface area contributed by atoms with Crippen LogP contribution in [0.5, 0.6) is 0 Å². The van der Waals surface area contributed by atoms with Crippen molar-refractivity contribution in [2.24, 2.45) is 5.92 Å². The zero-order valence-electron chi connectivity index (χ0n) is 13.3. The normalized spacial score (nSPS) is 21.2. The van der Waals surface area contributed by atoms with E-state index in [2.05, 4.69) is 5.32 Å². The topological polar surface area (TPSA) is 64.6 Å². The molecule has 0 spiro atoms. The van der Waals surface area contributed by atoms with Crippen LogP contribution in [0.25, 0.3) is 0 Å². The summed E-state index contributed by atoms with van der Waals surface area (Å²) in [6.45, 7) is 7.36. The number of hydrogen-bond donors (Lipinski definition) is 1. The molecule has 0 bridgehead atoms. The Labute approximate surface area is 130 Å². The molecule has 1 atom stereocenters. The molecule has 118 valence electrons. The van der Waals surface area contributed by atoms with Gasteiger partial charge < -0.3 is 14.8 Å². The number of benzene rings is 1. The molecule has 1 aromatic carbocycles. The number of carbonyl (C=O) groups is 2. The fraction of sp³-hybridized carbons (Fsp3) is 0.412. The molecule has 0 saturated carbocycles. The van der Waals surface area contributed by atoms with Gasteiger partial charge in [-0.3, -0.25) is 0 Å². The second-order valence-electron chi connectivity index (χ2n) is 5.80. The van der Waals surface area contributed by atoms with E-state index in [4.69, 9.17) is 9.47 Å². The molecule has 1 aromatic rings. The van der Waals surface area contributed by atoms with Crippen molar-refractivity contribution in [1.82, 2.24) is 5.32 Å². The lowest BCUT2D eigenvalue weighted by Crippen LogP contribution is -2.56.